The Morgan fingerprint density at radius 1 is 1.04 bits per heavy atom. The summed E-state index contributed by atoms with van der Waals surface area (Å²) in [4.78, 5) is 24.5. The van der Waals surface area contributed by atoms with E-state index in [1.54, 1.807) is 12.1 Å². The lowest BCUT2D eigenvalue weighted by atomic mass is 9.96. The molecule has 0 saturated carbocycles. The molecule has 1 atom stereocenters. The van der Waals surface area contributed by atoms with Crippen LogP contribution < -0.4 is 10.9 Å². The van der Waals surface area contributed by atoms with Gasteiger partial charge in [0.15, 0.2) is 0 Å². The Morgan fingerprint density at radius 2 is 1.74 bits per heavy atom. The van der Waals surface area contributed by atoms with Crippen molar-refractivity contribution in [3.63, 3.8) is 0 Å². The SMILES string of the molecule is CC(C)Cc1ccc(C(C)C(=O)NNC(=O)c2cccs2)cc1. The Morgan fingerprint density at radius 3 is 2.30 bits per heavy atom. The first-order valence-corrected chi connectivity index (χ1v) is 8.58. The number of carbonyl (C=O) groups excluding carboxylic acids is 2. The summed E-state index contributed by atoms with van der Waals surface area (Å²) < 4.78 is 0. The Labute approximate surface area is 140 Å². The maximum Gasteiger partial charge on any atom is 0.279 e. The molecule has 0 saturated heterocycles. The monoisotopic (exact) mass is 330 g/mol. The van der Waals surface area contributed by atoms with Gasteiger partial charge in [-0.15, -0.1) is 11.3 Å². The third-order valence-corrected chi connectivity index (χ3v) is 4.43. The van der Waals surface area contributed by atoms with Crippen LogP contribution >= 0.6 is 11.3 Å². The molecule has 2 rings (SSSR count). The number of amides is 2. The minimum atomic E-state index is -0.327. The molecule has 0 radical (unpaired) electrons. The van der Waals surface area contributed by atoms with Gasteiger partial charge in [-0.05, 0) is 41.8 Å². The molecular weight excluding hydrogens is 308 g/mol. The van der Waals surface area contributed by atoms with Gasteiger partial charge in [-0.3, -0.25) is 20.4 Å². The maximum absolute atomic E-state index is 12.2. The lowest BCUT2D eigenvalue weighted by Gasteiger charge is -2.14. The van der Waals surface area contributed by atoms with E-state index in [1.807, 2.05) is 24.4 Å². The van der Waals surface area contributed by atoms with Crippen LogP contribution in [-0.4, -0.2) is 11.8 Å². The molecule has 1 unspecified atom stereocenters. The number of hydrogen-bond acceptors (Lipinski definition) is 3. The van der Waals surface area contributed by atoms with Crippen molar-refractivity contribution in [2.24, 2.45) is 5.92 Å². The largest absolute Gasteiger partial charge is 0.279 e. The van der Waals surface area contributed by atoms with Crippen LogP contribution in [0.4, 0.5) is 0 Å². The standard InChI is InChI=1S/C18H22N2O2S/c1-12(2)11-14-6-8-15(9-7-14)13(3)17(21)19-20-18(22)16-5-4-10-23-16/h4-10,12-13H,11H2,1-3H3,(H,19,21)(H,20,22). The predicted octanol–water partition coefficient (Wildman–Crippen LogP) is 3.51. The van der Waals surface area contributed by atoms with Gasteiger partial charge in [0.25, 0.3) is 5.91 Å². The fraction of sp³-hybridized carbons (Fsp3) is 0.333. The molecular formula is C18H22N2O2S. The summed E-state index contributed by atoms with van der Waals surface area (Å²) in [6.07, 6.45) is 1.03. The lowest BCUT2D eigenvalue weighted by Crippen LogP contribution is -2.43. The van der Waals surface area contributed by atoms with Gasteiger partial charge in [-0.2, -0.15) is 0 Å². The highest BCUT2D eigenvalue weighted by molar-refractivity contribution is 7.12. The van der Waals surface area contributed by atoms with Crippen molar-refractivity contribution in [3.8, 4) is 0 Å². The van der Waals surface area contributed by atoms with E-state index < -0.39 is 0 Å². The van der Waals surface area contributed by atoms with Crippen LogP contribution in [0.25, 0.3) is 0 Å². The fourth-order valence-electron chi connectivity index (χ4n) is 2.26. The van der Waals surface area contributed by atoms with Crippen molar-refractivity contribution in [3.05, 3.63) is 57.8 Å². The number of carbonyl (C=O) groups is 2. The van der Waals surface area contributed by atoms with Crippen LogP contribution in [0.5, 0.6) is 0 Å². The van der Waals surface area contributed by atoms with Gasteiger partial charge in [0.1, 0.15) is 0 Å². The van der Waals surface area contributed by atoms with E-state index in [4.69, 9.17) is 0 Å². The maximum atomic E-state index is 12.2. The van der Waals surface area contributed by atoms with Gasteiger partial charge in [0.2, 0.25) is 5.91 Å². The number of hydrazine groups is 1. The summed E-state index contributed by atoms with van der Waals surface area (Å²) in [6, 6.07) is 11.6. The Hall–Kier alpha value is -2.14. The second kappa shape index (κ2) is 7.92. The molecule has 5 heteroatoms. The summed E-state index contributed by atoms with van der Waals surface area (Å²) in [5.74, 6) is -0.250. The molecule has 0 fully saturated rings. The molecule has 0 aliphatic rings. The second-order valence-electron chi connectivity index (χ2n) is 5.98. The Kier molecular flexibility index (Phi) is 5.93. The minimum Gasteiger partial charge on any atom is -0.273 e. The average molecular weight is 330 g/mol. The first kappa shape index (κ1) is 17.2. The molecule has 23 heavy (non-hydrogen) atoms. The molecule has 0 aliphatic heterocycles. The average Bonchev–Trinajstić information content (AvgIpc) is 3.06. The van der Waals surface area contributed by atoms with Crippen LogP contribution in [0.3, 0.4) is 0 Å². The van der Waals surface area contributed by atoms with Crippen molar-refractivity contribution in [1.29, 1.82) is 0 Å². The lowest BCUT2D eigenvalue weighted by molar-refractivity contribution is -0.123. The van der Waals surface area contributed by atoms with Crippen molar-refractivity contribution < 1.29 is 9.59 Å². The zero-order valence-corrected chi connectivity index (χ0v) is 14.4. The molecule has 2 amide bonds. The highest BCUT2D eigenvalue weighted by Gasteiger charge is 2.16. The highest BCUT2D eigenvalue weighted by atomic mass is 32.1. The summed E-state index contributed by atoms with van der Waals surface area (Å²) in [5, 5.41) is 1.82. The first-order valence-electron chi connectivity index (χ1n) is 7.70. The van der Waals surface area contributed by atoms with E-state index >= 15 is 0 Å². The quantitative estimate of drug-likeness (QED) is 0.824. The molecule has 1 aromatic heterocycles. The molecule has 122 valence electrons. The van der Waals surface area contributed by atoms with Crippen molar-refractivity contribution >= 4 is 23.2 Å². The number of hydrogen-bond donors (Lipinski definition) is 2. The number of nitrogens with one attached hydrogen (secondary N) is 2. The smallest absolute Gasteiger partial charge is 0.273 e. The fourth-order valence-corrected chi connectivity index (χ4v) is 2.88. The van der Waals surface area contributed by atoms with Gasteiger partial charge in [-0.1, -0.05) is 44.2 Å². The van der Waals surface area contributed by atoms with E-state index in [9.17, 15) is 9.59 Å². The van der Waals surface area contributed by atoms with Gasteiger partial charge in [0, 0.05) is 0 Å². The topological polar surface area (TPSA) is 58.2 Å². The van der Waals surface area contributed by atoms with E-state index in [1.165, 1.54) is 16.9 Å². The number of thiophene rings is 1. The molecule has 0 bridgehead atoms. The molecule has 0 spiro atoms. The van der Waals surface area contributed by atoms with E-state index in [2.05, 4.69) is 36.8 Å². The normalized spacial score (nSPS) is 12.0. The summed E-state index contributed by atoms with van der Waals surface area (Å²) in [6.45, 7) is 6.19. The predicted molar refractivity (Wildman–Crippen MR) is 93.3 cm³/mol. The van der Waals surface area contributed by atoms with Crippen LogP contribution in [0.2, 0.25) is 0 Å². The van der Waals surface area contributed by atoms with Gasteiger partial charge in [0.05, 0.1) is 10.8 Å². The zero-order valence-electron chi connectivity index (χ0n) is 13.6. The number of rotatable bonds is 5. The van der Waals surface area contributed by atoms with Gasteiger partial charge >= 0.3 is 0 Å². The zero-order chi connectivity index (χ0) is 16.8. The second-order valence-corrected chi connectivity index (χ2v) is 6.93. The highest BCUT2D eigenvalue weighted by Crippen LogP contribution is 2.17. The van der Waals surface area contributed by atoms with E-state index in [0.717, 1.165) is 12.0 Å². The van der Waals surface area contributed by atoms with Gasteiger partial charge < -0.3 is 0 Å². The van der Waals surface area contributed by atoms with Crippen LogP contribution in [0, 0.1) is 5.92 Å². The molecule has 1 heterocycles. The third kappa shape index (κ3) is 4.93. The van der Waals surface area contributed by atoms with Crippen molar-refractivity contribution in [2.45, 2.75) is 33.1 Å². The summed E-state index contributed by atoms with van der Waals surface area (Å²) in [7, 11) is 0. The van der Waals surface area contributed by atoms with E-state index in [-0.39, 0.29) is 17.7 Å². The molecule has 1 aromatic carbocycles. The van der Waals surface area contributed by atoms with Crippen molar-refractivity contribution in [1.82, 2.24) is 10.9 Å². The Bertz CT molecular complexity index is 648. The van der Waals surface area contributed by atoms with Crippen molar-refractivity contribution in [2.75, 3.05) is 0 Å². The minimum absolute atomic E-state index is 0.230. The molecule has 4 nitrogen and oxygen atoms in total. The summed E-state index contributed by atoms with van der Waals surface area (Å²) >= 11 is 1.33. The number of benzene rings is 1. The van der Waals surface area contributed by atoms with Gasteiger partial charge in [-0.25, -0.2) is 0 Å². The van der Waals surface area contributed by atoms with E-state index in [0.29, 0.717) is 10.8 Å². The first-order chi connectivity index (χ1) is 11.0. The molecule has 2 N–H and O–H groups in total. The Balaban J connectivity index is 1.90. The van der Waals surface area contributed by atoms with Crippen LogP contribution in [-0.2, 0) is 11.2 Å². The van der Waals surface area contributed by atoms with Crippen LogP contribution in [0.15, 0.2) is 41.8 Å². The molecule has 2 aromatic rings. The van der Waals surface area contributed by atoms with Crippen LogP contribution in [0.1, 0.15) is 47.5 Å². The summed E-state index contributed by atoms with van der Waals surface area (Å²) in [5.41, 5.74) is 7.13. The molecule has 0 aliphatic carbocycles. The third-order valence-electron chi connectivity index (χ3n) is 3.56.